The highest BCUT2D eigenvalue weighted by Gasteiger charge is 2.25. The summed E-state index contributed by atoms with van der Waals surface area (Å²) in [7, 11) is 0. The smallest absolute Gasteiger partial charge is 0.343 e. The maximum absolute atomic E-state index is 12.3. The lowest BCUT2D eigenvalue weighted by molar-refractivity contribution is -0.384. The first-order valence-electron chi connectivity index (χ1n) is 10.3. The lowest BCUT2D eigenvalue weighted by atomic mass is 9.96. The Bertz CT molecular complexity index is 1100. The number of hydrogen-bond acceptors (Lipinski definition) is 7. The third-order valence-corrected chi connectivity index (χ3v) is 6.13. The second kappa shape index (κ2) is 9.78. The van der Waals surface area contributed by atoms with E-state index in [0.29, 0.717) is 15.8 Å². The highest BCUT2D eigenvalue weighted by molar-refractivity contribution is 8.18. The Balaban J connectivity index is 1.40. The third-order valence-electron chi connectivity index (χ3n) is 5.21. The number of nitrogens with one attached hydrogen (secondary N) is 1. The molecule has 2 fully saturated rings. The summed E-state index contributed by atoms with van der Waals surface area (Å²) in [6.45, 7) is 0. The predicted molar refractivity (Wildman–Crippen MR) is 123 cm³/mol. The van der Waals surface area contributed by atoms with Gasteiger partial charge in [0.05, 0.1) is 21.4 Å². The number of carbonyl (C=O) groups is 2. The van der Waals surface area contributed by atoms with Crippen molar-refractivity contribution in [1.29, 1.82) is 0 Å². The summed E-state index contributed by atoms with van der Waals surface area (Å²) in [5, 5.41) is 14.3. The molecule has 1 saturated carbocycles. The SMILES string of the molecule is O=C1NC(=NC2CCCCC2)S/C1=C\c1ccc(OC(=O)c2cccc([N+](=O)[O-])c2)cc1. The third kappa shape index (κ3) is 5.42. The lowest BCUT2D eigenvalue weighted by Crippen LogP contribution is -2.22. The fourth-order valence-corrected chi connectivity index (χ4v) is 4.45. The van der Waals surface area contributed by atoms with E-state index >= 15 is 0 Å². The van der Waals surface area contributed by atoms with Crippen molar-refractivity contribution in [3.05, 3.63) is 74.7 Å². The summed E-state index contributed by atoms with van der Waals surface area (Å²) in [4.78, 5) is 40.1. The summed E-state index contributed by atoms with van der Waals surface area (Å²) in [5.41, 5.74) is 0.686. The molecule has 1 aliphatic carbocycles. The largest absolute Gasteiger partial charge is 0.423 e. The van der Waals surface area contributed by atoms with Crippen molar-refractivity contribution in [2.75, 3.05) is 0 Å². The fourth-order valence-electron chi connectivity index (χ4n) is 3.56. The number of thioether (sulfide) groups is 1. The number of hydrogen-bond donors (Lipinski definition) is 1. The Kier molecular flexibility index (Phi) is 6.65. The zero-order chi connectivity index (χ0) is 22.5. The van der Waals surface area contributed by atoms with Gasteiger partial charge in [-0.2, -0.15) is 0 Å². The van der Waals surface area contributed by atoms with E-state index in [0.717, 1.165) is 18.4 Å². The molecular formula is C23H21N3O5S. The van der Waals surface area contributed by atoms with Crippen LogP contribution in [0.25, 0.3) is 6.08 Å². The molecule has 0 aromatic heterocycles. The van der Waals surface area contributed by atoms with Crippen LogP contribution in [-0.2, 0) is 4.79 Å². The quantitative estimate of drug-likeness (QED) is 0.232. The van der Waals surface area contributed by atoms with Crippen LogP contribution in [0.1, 0.15) is 48.0 Å². The Labute approximate surface area is 188 Å². The van der Waals surface area contributed by atoms with Crippen LogP contribution in [0.2, 0.25) is 0 Å². The highest BCUT2D eigenvalue weighted by Crippen LogP contribution is 2.29. The van der Waals surface area contributed by atoms with Crippen molar-refractivity contribution in [3.8, 4) is 5.75 Å². The summed E-state index contributed by atoms with van der Waals surface area (Å²) >= 11 is 1.33. The lowest BCUT2D eigenvalue weighted by Gasteiger charge is -2.17. The highest BCUT2D eigenvalue weighted by atomic mass is 32.2. The number of benzene rings is 2. The number of ether oxygens (including phenoxy) is 1. The van der Waals surface area contributed by atoms with E-state index in [1.165, 1.54) is 55.3 Å². The Morgan fingerprint density at radius 2 is 1.91 bits per heavy atom. The minimum Gasteiger partial charge on any atom is -0.423 e. The minimum absolute atomic E-state index is 0.0919. The van der Waals surface area contributed by atoms with E-state index in [1.807, 2.05) is 0 Å². The molecule has 0 spiro atoms. The number of esters is 1. The van der Waals surface area contributed by atoms with E-state index in [-0.39, 0.29) is 23.2 Å². The molecule has 4 rings (SSSR count). The molecule has 0 radical (unpaired) electrons. The van der Waals surface area contributed by atoms with Crippen LogP contribution in [-0.4, -0.2) is 28.0 Å². The van der Waals surface area contributed by atoms with Crippen LogP contribution >= 0.6 is 11.8 Å². The van der Waals surface area contributed by atoms with Crippen molar-refractivity contribution in [2.24, 2.45) is 4.99 Å². The van der Waals surface area contributed by atoms with Gasteiger partial charge < -0.3 is 10.1 Å². The zero-order valence-corrected chi connectivity index (χ0v) is 18.0. The molecule has 9 heteroatoms. The fraction of sp³-hybridized carbons (Fsp3) is 0.261. The van der Waals surface area contributed by atoms with Gasteiger partial charge in [-0.15, -0.1) is 0 Å². The van der Waals surface area contributed by atoms with Crippen LogP contribution in [0.3, 0.4) is 0 Å². The molecule has 1 N–H and O–H groups in total. The van der Waals surface area contributed by atoms with Crippen molar-refractivity contribution in [2.45, 2.75) is 38.1 Å². The first-order valence-corrected chi connectivity index (χ1v) is 11.1. The van der Waals surface area contributed by atoms with Crippen LogP contribution in [0.4, 0.5) is 5.69 Å². The molecule has 1 aliphatic heterocycles. The van der Waals surface area contributed by atoms with Crippen molar-refractivity contribution < 1.29 is 19.2 Å². The van der Waals surface area contributed by atoms with E-state index in [9.17, 15) is 19.7 Å². The van der Waals surface area contributed by atoms with Gasteiger partial charge in [0, 0.05) is 12.1 Å². The van der Waals surface area contributed by atoms with E-state index in [4.69, 9.17) is 4.74 Å². The second-order valence-corrected chi connectivity index (χ2v) is 8.59. The van der Waals surface area contributed by atoms with Gasteiger partial charge in [-0.3, -0.25) is 19.9 Å². The van der Waals surface area contributed by atoms with Crippen molar-refractivity contribution in [1.82, 2.24) is 5.32 Å². The molecule has 0 atom stereocenters. The van der Waals surface area contributed by atoms with Crippen LogP contribution in [0, 0.1) is 10.1 Å². The number of amidine groups is 1. The maximum Gasteiger partial charge on any atom is 0.343 e. The van der Waals surface area contributed by atoms with E-state index in [1.54, 1.807) is 30.3 Å². The van der Waals surface area contributed by atoms with Gasteiger partial charge in [-0.1, -0.05) is 37.5 Å². The monoisotopic (exact) mass is 451 g/mol. The Morgan fingerprint density at radius 1 is 1.16 bits per heavy atom. The number of nitro benzene ring substituents is 1. The van der Waals surface area contributed by atoms with Gasteiger partial charge in [-0.25, -0.2) is 4.79 Å². The minimum atomic E-state index is -0.686. The molecule has 1 heterocycles. The molecule has 2 aromatic carbocycles. The molecule has 0 bridgehead atoms. The topological polar surface area (TPSA) is 111 Å². The van der Waals surface area contributed by atoms with E-state index < -0.39 is 10.9 Å². The molecule has 2 aliphatic rings. The molecule has 1 amide bonds. The maximum atomic E-state index is 12.3. The standard InChI is InChI=1S/C23H21N3O5S/c27-21-20(32-23(25-21)24-17-6-2-1-3-7-17)13-15-9-11-19(12-10-15)31-22(28)16-5-4-8-18(14-16)26(29)30/h4-5,8-14,17H,1-3,6-7H2,(H,24,25,27)/b20-13-. The summed E-state index contributed by atoms with van der Waals surface area (Å²) in [6.07, 6.45) is 7.50. The first-order chi connectivity index (χ1) is 15.5. The van der Waals surface area contributed by atoms with Gasteiger partial charge in [0.1, 0.15) is 5.75 Å². The van der Waals surface area contributed by atoms with Gasteiger partial charge >= 0.3 is 5.97 Å². The van der Waals surface area contributed by atoms with Crippen molar-refractivity contribution >= 4 is 40.6 Å². The normalized spacial score (nSPS) is 19.2. The van der Waals surface area contributed by atoms with Gasteiger partial charge in [-0.05, 0) is 54.4 Å². The number of non-ortho nitro benzene ring substituents is 1. The summed E-state index contributed by atoms with van der Waals surface area (Å²) < 4.78 is 5.30. The second-order valence-electron chi connectivity index (χ2n) is 7.56. The zero-order valence-electron chi connectivity index (χ0n) is 17.2. The molecular weight excluding hydrogens is 430 g/mol. The molecule has 32 heavy (non-hydrogen) atoms. The molecule has 164 valence electrons. The van der Waals surface area contributed by atoms with Crippen LogP contribution < -0.4 is 10.1 Å². The number of rotatable bonds is 5. The summed E-state index contributed by atoms with van der Waals surface area (Å²) in [5.74, 6) is -0.563. The number of carbonyl (C=O) groups excluding carboxylic acids is 2. The molecule has 0 unspecified atom stereocenters. The Morgan fingerprint density at radius 3 is 2.62 bits per heavy atom. The molecule has 2 aromatic rings. The molecule has 8 nitrogen and oxygen atoms in total. The van der Waals surface area contributed by atoms with Gasteiger partial charge in [0.2, 0.25) is 0 Å². The van der Waals surface area contributed by atoms with Gasteiger partial charge in [0.25, 0.3) is 11.6 Å². The van der Waals surface area contributed by atoms with Gasteiger partial charge in [0.15, 0.2) is 5.17 Å². The average molecular weight is 452 g/mol. The van der Waals surface area contributed by atoms with Crippen molar-refractivity contribution in [3.63, 3.8) is 0 Å². The first kappa shape index (κ1) is 21.8. The van der Waals surface area contributed by atoms with Crippen LogP contribution in [0.15, 0.2) is 58.4 Å². The van der Waals surface area contributed by atoms with Crippen LogP contribution in [0.5, 0.6) is 5.75 Å². The van der Waals surface area contributed by atoms with E-state index in [2.05, 4.69) is 10.3 Å². The average Bonchev–Trinajstić information content (AvgIpc) is 3.14. The number of nitrogens with zero attached hydrogens (tertiary/aromatic N) is 2. The summed E-state index contributed by atoms with van der Waals surface area (Å²) in [6, 6.07) is 12.3. The number of nitro groups is 1. The predicted octanol–water partition coefficient (Wildman–Crippen LogP) is 4.71. The Hall–Kier alpha value is -3.46. The number of aliphatic imine (C=N–C) groups is 1. The number of amides is 1. The molecule has 1 saturated heterocycles.